The molecule has 0 aliphatic carbocycles. The highest BCUT2D eigenvalue weighted by Gasteiger charge is 2.19. The molecule has 100 valence electrons. The van der Waals surface area contributed by atoms with Crippen LogP contribution < -0.4 is 0 Å². The number of aryl methyl sites for hydroxylation is 1. The summed E-state index contributed by atoms with van der Waals surface area (Å²) < 4.78 is 4.58. The molecule has 0 spiro atoms. The lowest BCUT2D eigenvalue weighted by molar-refractivity contribution is -0.140. The summed E-state index contributed by atoms with van der Waals surface area (Å²) in [6.45, 7) is 0. The number of rotatable bonds is 6. The number of aliphatic hydroxyl groups excluding tert-OH is 2. The summed E-state index contributed by atoms with van der Waals surface area (Å²) in [4.78, 5) is 11.1. The normalized spacial score (nSPS) is 14.0. The first-order valence-electron chi connectivity index (χ1n) is 5.66. The average molecular weight is 317 g/mol. The number of alkyl halides is 1. The highest BCUT2D eigenvalue weighted by molar-refractivity contribution is 9.09. The van der Waals surface area contributed by atoms with Crippen molar-refractivity contribution in [1.29, 1.82) is 0 Å². The van der Waals surface area contributed by atoms with Crippen LogP contribution in [0.4, 0.5) is 0 Å². The van der Waals surface area contributed by atoms with Gasteiger partial charge in [0.2, 0.25) is 0 Å². The van der Waals surface area contributed by atoms with Crippen molar-refractivity contribution in [1.82, 2.24) is 0 Å². The van der Waals surface area contributed by atoms with E-state index >= 15 is 0 Å². The molecule has 0 saturated heterocycles. The lowest BCUT2D eigenvalue weighted by Gasteiger charge is -2.19. The molecule has 2 unspecified atom stereocenters. The van der Waals surface area contributed by atoms with Gasteiger partial charge in [-0.3, -0.25) is 4.79 Å². The Labute approximate surface area is 115 Å². The Morgan fingerprint density at radius 1 is 1.39 bits per heavy atom. The fourth-order valence-electron chi connectivity index (χ4n) is 1.68. The fraction of sp³-hybridized carbons (Fsp3) is 0.462. The zero-order valence-corrected chi connectivity index (χ0v) is 11.8. The fourth-order valence-corrected chi connectivity index (χ4v) is 2.03. The third kappa shape index (κ3) is 4.08. The molecule has 0 radical (unpaired) electrons. The summed E-state index contributed by atoms with van der Waals surface area (Å²) in [5.41, 5.74) is 1.49. The number of ether oxygens (including phenoxy) is 1. The van der Waals surface area contributed by atoms with Gasteiger partial charge in [0.1, 0.15) is 6.10 Å². The molecule has 1 aromatic carbocycles. The van der Waals surface area contributed by atoms with Crippen LogP contribution in [0.3, 0.4) is 0 Å². The maximum atomic E-state index is 11.1. The van der Waals surface area contributed by atoms with Crippen LogP contribution in [0, 0.1) is 0 Å². The molecule has 5 heteroatoms. The van der Waals surface area contributed by atoms with Crippen molar-refractivity contribution in [2.75, 3.05) is 12.4 Å². The first-order valence-corrected chi connectivity index (χ1v) is 6.79. The molecule has 0 aromatic heterocycles. The van der Waals surface area contributed by atoms with Crippen molar-refractivity contribution in [3.63, 3.8) is 0 Å². The van der Waals surface area contributed by atoms with Crippen molar-refractivity contribution in [2.24, 2.45) is 0 Å². The predicted molar refractivity (Wildman–Crippen MR) is 71.5 cm³/mol. The molecule has 2 atom stereocenters. The van der Waals surface area contributed by atoms with Crippen LogP contribution in [0.1, 0.15) is 23.7 Å². The standard InChI is InChI=1S/C13H17BrO4/c1-18-12(16)7-6-9-4-2-3-5-10(9)13(17)11(15)8-14/h2-5,11,13,15,17H,6-8H2,1H3. The van der Waals surface area contributed by atoms with Crippen LogP contribution in [-0.2, 0) is 16.0 Å². The molecule has 0 aliphatic rings. The second-order valence-corrected chi connectivity index (χ2v) is 4.59. The number of hydrogen-bond donors (Lipinski definition) is 2. The van der Waals surface area contributed by atoms with E-state index in [-0.39, 0.29) is 12.4 Å². The van der Waals surface area contributed by atoms with Crippen molar-refractivity contribution in [3.05, 3.63) is 35.4 Å². The summed E-state index contributed by atoms with van der Waals surface area (Å²) in [5, 5.41) is 19.9. The number of esters is 1. The minimum Gasteiger partial charge on any atom is -0.469 e. The van der Waals surface area contributed by atoms with Crippen LogP contribution in [-0.4, -0.2) is 34.7 Å². The monoisotopic (exact) mass is 316 g/mol. The topological polar surface area (TPSA) is 66.8 Å². The van der Waals surface area contributed by atoms with Crippen LogP contribution >= 0.6 is 15.9 Å². The van der Waals surface area contributed by atoms with Gasteiger partial charge in [-0.15, -0.1) is 0 Å². The van der Waals surface area contributed by atoms with Gasteiger partial charge >= 0.3 is 5.97 Å². The van der Waals surface area contributed by atoms with Crippen LogP contribution in [0.15, 0.2) is 24.3 Å². The lowest BCUT2D eigenvalue weighted by Crippen LogP contribution is -2.21. The van der Waals surface area contributed by atoms with Gasteiger partial charge in [-0.05, 0) is 17.5 Å². The number of aliphatic hydroxyl groups is 2. The van der Waals surface area contributed by atoms with E-state index in [0.29, 0.717) is 17.3 Å². The number of carbonyl (C=O) groups excluding carboxylic acids is 1. The van der Waals surface area contributed by atoms with E-state index < -0.39 is 12.2 Å². The first kappa shape index (κ1) is 15.1. The van der Waals surface area contributed by atoms with Gasteiger partial charge in [0.25, 0.3) is 0 Å². The summed E-state index contributed by atoms with van der Waals surface area (Å²) in [6, 6.07) is 7.22. The Hall–Kier alpha value is -0.910. The number of benzene rings is 1. The zero-order chi connectivity index (χ0) is 13.5. The lowest BCUT2D eigenvalue weighted by atomic mass is 9.96. The van der Waals surface area contributed by atoms with E-state index in [0.717, 1.165) is 5.56 Å². The molecule has 4 nitrogen and oxygen atoms in total. The Morgan fingerprint density at radius 2 is 2.06 bits per heavy atom. The number of carbonyl (C=O) groups is 1. The number of hydrogen-bond acceptors (Lipinski definition) is 4. The van der Waals surface area contributed by atoms with Crippen LogP contribution in [0.5, 0.6) is 0 Å². The third-order valence-electron chi connectivity index (χ3n) is 2.72. The van der Waals surface area contributed by atoms with Crippen molar-refractivity contribution in [2.45, 2.75) is 25.0 Å². The SMILES string of the molecule is COC(=O)CCc1ccccc1C(O)C(O)CBr. The van der Waals surface area contributed by atoms with Gasteiger partial charge < -0.3 is 14.9 Å². The molecular formula is C13H17BrO4. The predicted octanol–water partition coefficient (Wildman–Crippen LogP) is 1.58. The molecule has 0 heterocycles. The second kappa shape index (κ2) is 7.51. The van der Waals surface area contributed by atoms with Crippen LogP contribution in [0.2, 0.25) is 0 Å². The number of halogens is 1. The molecule has 0 saturated carbocycles. The molecule has 0 aliphatic heterocycles. The quantitative estimate of drug-likeness (QED) is 0.617. The van der Waals surface area contributed by atoms with Crippen molar-refractivity contribution < 1.29 is 19.7 Å². The van der Waals surface area contributed by atoms with Gasteiger partial charge in [0.15, 0.2) is 0 Å². The zero-order valence-electron chi connectivity index (χ0n) is 10.2. The van der Waals surface area contributed by atoms with E-state index in [1.807, 2.05) is 12.1 Å². The average Bonchev–Trinajstić information content (AvgIpc) is 2.43. The molecule has 18 heavy (non-hydrogen) atoms. The van der Waals surface area contributed by atoms with E-state index in [2.05, 4.69) is 20.7 Å². The maximum absolute atomic E-state index is 11.1. The molecule has 0 fully saturated rings. The molecule has 2 N–H and O–H groups in total. The second-order valence-electron chi connectivity index (χ2n) is 3.94. The van der Waals surface area contributed by atoms with E-state index in [1.165, 1.54) is 7.11 Å². The Bertz CT molecular complexity index is 394. The highest BCUT2D eigenvalue weighted by atomic mass is 79.9. The summed E-state index contributed by atoms with van der Waals surface area (Å²) in [7, 11) is 1.34. The Morgan fingerprint density at radius 3 is 2.67 bits per heavy atom. The van der Waals surface area contributed by atoms with Crippen molar-refractivity contribution in [3.8, 4) is 0 Å². The summed E-state index contributed by atoms with van der Waals surface area (Å²) in [6.07, 6.45) is -1.10. The van der Waals surface area contributed by atoms with Crippen LogP contribution in [0.25, 0.3) is 0 Å². The minimum atomic E-state index is -0.960. The Balaban J connectivity index is 2.82. The molecular weight excluding hydrogens is 300 g/mol. The van der Waals surface area contributed by atoms with Gasteiger partial charge in [-0.25, -0.2) is 0 Å². The maximum Gasteiger partial charge on any atom is 0.305 e. The Kier molecular flexibility index (Phi) is 6.32. The molecule has 1 aromatic rings. The highest BCUT2D eigenvalue weighted by Crippen LogP contribution is 2.23. The van der Waals surface area contributed by atoms with E-state index in [4.69, 9.17) is 0 Å². The smallest absolute Gasteiger partial charge is 0.305 e. The van der Waals surface area contributed by atoms with Gasteiger partial charge in [0.05, 0.1) is 13.2 Å². The number of methoxy groups -OCH3 is 1. The van der Waals surface area contributed by atoms with Crippen molar-refractivity contribution >= 4 is 21.9 Å². The summed E-state index contributed by atoms with van der Waals surface area (Å²) >= 11 is 3.13. The van der Waals surface area contributed by atoms with E-state index in [9.17, 15) is 15.0 Å². The third-order valence-corrected chi connectivity index (χ3v) is 3.39. The largest absolute Gasteiger partial charge is 0.469 e. The molecule has 0 amide bonds. The minimum absolute atomic E-state index is 0.255. The summed E-state index contributed by atoms with van der Waals surface area (Å²) in [5.74, 6) is -0.291. The van der Waals surface area contributed by atoms with Gasteiger partial charge in [0, 0.05) is 11.8 Å². The molecule has 0 bridgehead atoms. The first-order chi connectivity index (χ1) is 8.60. The van der Waals surface area contributed by atoms with Gasteiger partial charge in [-0.2, -0.15) is 0 Å². The van der Waals surface area contributed by atoms with Gasteiger partial charge in [-0.1, -0.05) is 40.2 Å². The molecule has 1 rings (SSSR count). The van der Waals surface area contributed by atoms with E-state index in [1.54, 1.807) is 12.1 Å².